The minimum atomic E-state index is -6.00. The molecule has 1 saturated heterocycles. The zero-order chi connectivity index (χ0) is 27.7. The van der Waals surface area contributed by atoms with Gasteiger partial charge in [-0.2, -0.15) is 0 Å². The van der Waals surface area contributed by atoms with Crippen molar-refractivity contribution in [3.8, 4) is 0 Å². The van der Waals surface area contributed by atoms with Crippen molar-refractivity contribution in [2.24, 2.45) is 0 Å². The van der Waals surface area contributed by atoms with E-state index in [9.17, 15) is 17.3 Å². The highest BCUT2D eigenvalue weighted by Crippen LogP contribution is 2.62. The molecule has 0 unspecified atom stereocenters. The van der Waals surface area contributed by atoms with Gasteiger partial charge in [-0.05, 0) is 54.1 Å². The van der Waals surface area contributed by atoms with E-state index < -0.39 is 15.6 Å². The van der Waals surface area contributed by atoms with Crippen LogP contribution in [0.25, 0.3) is 0 Å². The molecule has 0 saturated carbocycles. The molecule has 0 aliphatic carbocycles. The lowest BCUT2D eigenvalue weighted by Gasteiger charge is -2.58. The molecule has 10 heteroatoms. The van der Waals surface area contributed by atoms with Gasteiger partial charge < -0.3 is 21.7 Å². The van der Waals surface area contributed by atoms with Crippen LogP contribution in [0.3, 0.4) is 0 Å². The van der Waals surface area contributed by atoms with Gasteiger partial charge >= 0.3 is 13.2 Å². The van der Waals surface area contributed by atoms with Crippen molar-refractivity contribution < 1.29 is 26.3 Å². The van der Waals surface area contributed by atoms with E-state index in [1.807, 2.05) is 0 Å². The monoisotopic (exact) mass is 537 g/mol. The van der Waals surface area contributed by atoms with Gasteiger partial charge in [0.15, 0.2) is 0 Å². The first-order valence-electron chi connectivity index (χ1n) is 13.9. The smallest absolute Gasteiger partial charge is 0.418 e. The molecule has 2 N–H and O–H groups in total. The van der Waals surface area contributed by atoms with Crippen molar-refractivity contribution >= 4 is 21.5 Å². The molecule has 0 aromatic heterocycles. The average Bonchev–Trinajstić information content (AvgIpc) is 3.03. The van der Waals surface area contributed by atoms with E-state index in [2.05, 4.69) is 84.4 Å². The highest BCUT2D eigenvalue weighted by Gasteiger charge is 2.61. The fourth-order valence-electron chi connectivity index (χ4n) is 8.19. The van der Waals surface area contributed by atoms with Crippen LogP contribution in [0.4, 0.5) is 17.3 Å². The van der Waals surface area contributed by atoms with Crippen molar-refractivity contribution in [3.05, 3.63) is 0 Å². The van der Waals surface area contributed by atoms with Crippen LogP contribution in [0.1, 0.15) is 114 Å². The first-order chi connectivity index (χ1) is 16.2. The number of hydrogen-bond donors (Lipinski definition) is 2. The van der Waals surface area contributed by atoms with Gasteiger partial charge in [-0.25, -0.2) is 0 Å². The Morgan fingerprint density at radius 3 is 1.78 bits per heavy atom. The summed E-state index contributed by atoms with van der Waals surface area (Å²) in [6.45, 7) is 25.0. The van der Waals surface area contributed by atoms with Gasteiger partial charge in [-0.1, -0.05) is 62.3 Å². The summed E-state index contributed by atoms with van der Waals surface area (Å²) in [7, 11) is -8.07. The normalized spacial score (nSPS) is 27.1. The quantitative estimate of drug-likeness (QED) is 0.160. The van der Waals surface area contributed by atoms with Gasteiger partial charge in [-0.3, -0.25) is 15.2 Å². The van der Waals surface area contributed by atoms with Gasteiger partial charge in [0.2, 0.25) is 8.32 Å². The van der Waals surface area contributed by atoms with E-state index in [1.165, 1.54) is 50.9 Å². The molecule has 0 spiro atoms. The molecule has 212 valence electrons. The molecule has 3 aliphatic rings. The molecule has 0 aromatic rings. The molecule has 3 heterocycles. The summed E-state index contributed by atoms with van der Waals surface area (Å²) in [4.78, 5) is 0. The van der Waals surface area contributed by atoms with E-state index in [1.54, 1.807) is 0 Å². The summed E-state index contributed by atoms with van der Waals surface area (Å²) >= 11 is 0. The van der Waals surface area contributed by atoms with E-state index in [-0.39, 0.29) is 15.1 Å². The predicted molar refractivity (Wildman–Crippen MR) is 146 cm³/mol. The van der Waals surface area contributed by atoms with Crippen molar-refractivity contribution in [1.82, 2.24) is 10.6 Å². The number of nitrogens with zero attached hydrogens (tertiary/aromatic N) is 1. The number of rotatable bonds is 6. The number of unbranched alkanes of at least 4 members (excludes halogenated alkanes) is 1. The summed E-state index contributed by atoms with van der Waals surface area (Å²) in [6, 6.07) is 2.73. The molecule has 0 radical (unpaired) electrons. The molecule has 36 heavy (non-hydrogen) atoms. The number of hydrogen-bond acceptors (Lipinski definition) is 3. The van der Waals surface area contributed by atoms with Gasteiger partial charge in [0.05, 0.1) is 24.2 Å². The third-order valence-corrected chi connectivity index (χ3v) is 15.2. The van der Waals surface area contributed by atoms with Gasteiger partial charge in [0, 0.05) is 19.4 Å². The Kier molecular flexibility index (Phi) is 9.74. The SMILES string of the molecule is C[C@@H]1C[C@@H]2CC[C@@H]3C[C@H](CCCCO[Si](C(C)(C)C)(C(C)(C)C)C(C)(C)C)NC(=[N+]32)N1.F[B-](F)(F)F. The fourth-order valence-corrected chi connectivity index (χ4v) is 16.7. The molecule has 3 aliphatic heterocycles. The minimum Gasteiger partial charge on any atom is -0.418 e. The molecule has 4 nitrogen and oxygen atoms in total. The number of nitrogens with one attached hydrogen (secondary N) is 2. The molecule has 0 aromatic carbocycles. The molecule has 1 fully saturated rings. The number of halogens is 4. The predicted octanol–water partition coefficient (Wildman–Crippen LogP) is 7.46. The molecular weight excluding hydrogens is 485 g/mol. The molecular formula is C26H52BF4N3OSi. The lowest BCUT2D eigenvalue weighted by molar-refractivity contribution is -0.593. The van der Waals surface area contributed by atoms with Crippen LogP contribution in [-0.4, -0.2) is 56.9 Å². The Labute approximate surface area is 218 Å². The second-order valence-electron chi connectivity index (χ2n) is 14.3. The van der Waals surface area contributed by atoms with Crippen LogP contribution in [0.2, 0.25) is 15.1 Å². The lowest BCUT2D eigenvalue weighted by Crippen LogP contribution is -2.62. The first-order valence-corrected chi connectivity index (χ1v) is 15.8. The van der Waals surface area contributed by atoms with Gasteiger partial charge in [-0.15, -0.1) is 0 Å². The van der Waals surface area contributed by atoms with E-state index >= 15 is 0 Å². The van der Waals surface area contributed by atoms with E-state index in [0.29, 0.717) is 12.1 Å². The fraction of sp³-hybridized carbons (Fsp3) is 0.962. The topological polar surface area (TPSA) is 36.3 Å². The molecule has 4 atom stereocenters. The highest BCUT2D eigenvalue weighted by molar-refractivity contribution is 6.82. The average molecular weight is 538 g/mol. The molecule has 0 bridgehead atoms. The van der Waals surface area contributed by atoms with Gasteiger partial charge in [0.25, 0.3) is 0 Å². The Bertz CT molecular complexity index is 729. The third kappa shape index (κ3) is 7.42. The van der Waals surface area contributed by atoms with Crippen molar-refractivity contribution in [2.75, 3.05) is 6.61 Å². The number of guanidine groups is 1. The zero-order valence-corrected chi connectivity index (χ0v) is 25.4. The van der Waals surface area contributed by atoms with Gasteiger partial charge in [0.1, 0.15) is 0 Å². The summed E-state index contributed by atoms with van der Waals surface area (Å²) in [6.07, 6.45) is 9.03. The standard InChI is InChI=1S/C26H51N3OSi.BF4/c1-19-17-21-14-15-22-18-20(28-23(27-19)29(21)22)13-11-12-16-30-31(24(2,3)4,25(5,6)7)26(8,9)10;2-1(3,4)5/h19-22H,11-18H2,1-10H3,(H,27,28);/q;-1/p+1/t19-,20+,21+,22-;/m1./s1. The lowest BCUT2D eigenvalue weighted by atomic mass is 9.99. The van der Waals surface area contributed by atoms with Crippen LogP contribution < -0.4 is 10.6 Å². The Morgan fingerprint density at radius 2 is 1.31 bits per heavy atom. The maximum Gasteiger partial charge on any atom is 0.673 e. The third-order valence-electron chi connectivity index (χ3n) is 8.22. The summed E-state index contributed by atoms with van der Waals surface area (Å²) in [5.41, 5.74) is 0. The van der Waals surface area contributed by atoms with Crippen molar-refractivity contribution in [3.63, 3.8) is 0 Å². The second-order valence-corrected chi connectivity index (χ2v) is 20.4. The summed E-state index contributed by atoms with van der Waals surface area (Å²) < 4.78 is 48.7. The maximum absolute atomic E-state index is 9.75. The molecule has 0 amide bonds. The van der Waals surface area contributed by atoms with Crippen molar-refractivity contribution in [1.29, 1.82) is 0 Å². The summed E-state index contributed by atoms with van der Waals surface area (Å²) in [5, 5.41) is 8.21. The minimum absolute atomic E-state index is 0.205. The van der Waals surface area contributed by atoms with Crippen LogP contribution >= 0.6 is 0 Å². The first kappa shape index (κ1) is 31.4. The highest BCUT2D eigenvalue weighted by atomic mass is 28.4. The maximum atomic E-state index is 9.75. The Morgan fingerprint density at radius 1 is 0.833 bits per heavy atom. The van der Waals surface area contributed by atoms with Crippen LogP contribution in [0.15, 0.2) is 0 Å². The van der Waals surface area contributed by atoms with E-state index in [4.69, 9.17) is 4.43 Å². The molecule has 3 rings (SSSR count). The van der Waals surface area contributed by atoms with Crippen LogP contribution in [-0.2, 0) is 4.43 Å². The van der Waals surface area contributed by atoms with Crippen molar-refractivity contribution in [2.45, 2.75) is 153 Å². The van der Waals surface area contributed by atoms with Crippen LogP contribution in [0, 0.1) is 0 Å². The zero-order valence-electron chi connectivity index (χ0n) is 24.4. The van der Waals surface area contributed by atoms with E-state index in [0.717, 1.165) is 18.7 Å². The Balaban J connectivity index is 0.000000830. The summed E-state index contributed by atoms with van der Waals surface area (Å²) in [5.74, 6) is 1.33. The Hall–Kier alpha value is -0.768. The second kappa shape index (κ2) is 11.1. The largest absolute Gasteiger partial charge is 0.673 e. The van der Waals surface area contributed by atoms with Crippen LogP contribution in [0.5, 0.6) is 0 Å².